The number of fused-ring (bicyclic) bond motifs is 5. The molecule has 0 amide bonds. The lowest BCUT2D eigenvalue weighted by Gasteiger charge is -2.61. The molecule has 4 heteroatoms. The number of halogens is 1. The second-order valence-electron chi connectivity index (χ2n) is 9.84. The number of rotatable bonds is 1. The van der Waals surface area contributed by atoms with Crippen molar-refractivity contribution in [1.29, 1.82) is 0 Å². The number of hydrogen-bond donors (Lipinski definition) is 0. The van der Waals surface area contributed by atoms with Crippen molar-refractivity contribution < 1.29 is 14.4 Å². The molecule has 4 aliphatic rings. The molecule has 3 saturated carbocycles. The minimum absolute atomic E-state index is 0.00817. The first-order valence-electron chi connectivity index (χ1n) is 10.0. The molecule has 3 nitrogen and oxygen atoms in total. The van der Waals surface area contributed by atoms with E-state index in [1.54, 1.807) is 6.92 Å². The van der Waals surface area contributed by atoms with Crippen LogP contribution in [-0.2, 0) is 14.4 Å². The van der Waals surface area contributed by atoms with Crippen LogP contribution in [0.1, 0.15) is 66.2 Å². The molecule has 0 aliphatic heterocycles. The Morgan fingerprint density at radius 2 is 1.88 bits per heavy atom. The normalized spacial score (nSPS) is 50.6. The van der Waals surface area contributed by atoms with Crippen molar-refractivity contribution in [1.82, 2.24) is 0 Å². The second-order valence-corrected chi connectivity index (χ2v) is 11.1. The van der Waals surface area contributed by atoms with Crippen LogP contribution in [0.5, 0.6) is 0 Å². The van der Waals surface area contributed by atoms with Gasteiger partial charge >= 0.3 is 0 Å². The van der Waals surface area contributed by atoms with Gasteiger partial charge in [0.25, 0.3) is 0 Å². The summed E-state index contributed by atoms with van der Waals surface area (Å²) in [7, 11) is 0. The summed E-state index contributed by atoms with van der Waals surface area (Å²) in [4.78, 5) is 38.1. The quantitative estimate of drug-likeness (QED) is 0.579. The summed E-state index contributed by atoms with van der Waals surface area (Å²) in [5.74, 6) is 1.66. The van der Waals surface area contributed by atoms with Crippen LogP contribution >= 0.6 is 15.9 Å². The first-order valence-corrected chi connectivity index (χ1v) is 10.8. The minimum Gasteiger partial charge on any atom is -0.300 e. The largest absolute Gasteiger partial charge is 0.300 e. The van der Waals surface area contributed by atoms with E-state index in [9.17, 15) is 14.4 Å². The maximum absolute atomic E-state index is 13.6. The highest BCUT2D eigenvalue weighted by Gasteiger charge is 2.70. The molecule has 3 fully saturated rings. The van der Waals surface area contributed by atoms with Gasteiger partial charge in [0.15, 0.2) is 11.6 Å². The summed E-state index contributed by atoms with van der Waals surface area (Å²) < 4.78 is -0.583. The predicted octanol–water partition coefficient (Wildman–Crippen LogP) is 4.67. The standard InChI is InChI=1S/C22H29BrO3/c1-12-9-17-16-6-5-14-10-15(25)7-8-21(14,4)22(16,23)18(26)11-20(17,3)19(12)13(2)24/h10,12,16-17,19H,5-9,11H2,1-4H3. The zero-order valence-corrected chi connectivity index (χ0v) is 17.8. The zero-order valence-electron chi connectivity index (χ0n) is 16.2. The van der Waals surface area contributed by atoms with Gasteiger partial charge in [-0.05, 0) is 61.9 Å². The third kappa shape index (κ3) is 2.08. The van der Waals surface area contributed by atoms with E-state index in [1.165, 1.54) is 0 Å². The molecule has 0 heterocycles. The molecule has 0 radical (unpaired) electrons. The van der Waals surface area contributed by atoms with E-state index in [0.717, 1.165) is 31.3 Å². The Morgan fingerprint density at radius 1 is 1.19 bits per heavy atom. The highest BCUT2D eigenvalue weighted by molar-refractivity contribution is 9.10. The summed E-state index contributed by atoms with van der Waals surface area (Å²) >= 11 is 4.01. The van der Waals surface area contributed by atoms with Gasteiger partial charge in [0.2, 0.25) is 0 Å². The fraction of sp³-hybridized carbons (Fsp3) is 0.773. The number of allylic oxidation sites excluding steroid dienone is 1. The second kappa shape index (κ2) is 5.62. The molecule has 4 aliphatic carbocycles. The highest BCUT2D eigenvalue weighted by atomic mass is 79.9. The molecular formula is C22H29BrO3. The van der Waals surface area contributed by atoms with E-state index in [1.807, 2.05) is 6.08 Å². The Balaban J connectivity index is 1.82. The van der Waals surface area contributed by atoms with Crippen molar-refractivity contribution in [2.45, 2.75) is 70.5 Å². The first-order chi connectivity index (χ1) is 12.1. The van der Waals surface area contributed by atoms with E-state index < -0.39 is 4.32 Å². The summed E-state index contributed by atoms with van der Waals surface area (Å²) in [5.41, 5.74) is 0.666. The lowest BCUT2D eigenvalue weighted by Crippen LogP contribution is -2.64. The number of ketones is 3. The van der Waals surface area contributed by atoms with Crippen LogP contribution in [0.25, 0.3) is 0 Å². The predicted molar refractivity (Wildman–Crippen MR) is 104 cm³/mol. The molecule has 26 heavy (non-hydrogen) atoms. The van der Waals surface area contributed by atoms with Crippen LogP contribution in [0.2, 0.25) is 0 Å². The first kappa shape index (κ1) is 18.6. The molecule has 7 unspecified atom stereocenters. The number of alkyl halides is 1. The molecule has 0 N–H and O–H groups in total. The zero-order chi connectivity index (χ0) is 19.1. The minimum atomic E-state index is -0.583. The van der Waals surface area contributed by atoms with Crippen molar-refractivity contribution in [2.24, 2.45) is 34.5 Å². The Bertz CT molecular complexity index is 740. The third-order valence-corrected chi connectivity index (χ3v) is 10.5. The van der Waals surface area contributed by atoms with Crippen LogP contribution in [0.15, 0.2) is 11.6 Å². The van der Waals surface area contributed by atoms with Gasteiger partial charge in [0.1, 0.15) is 5.78 Å². The van der Waals surface area contributed by atoms with Gasteiger partial charge in [-0.1, -0.05) is 42.3 Å². The molecule has 142 valence electrons. The van der Waals surface area contributed by atoms with Gasteiger partial charge in [0.05, 0.1) is 4.32 Å². The van der Waals surface area contributed by atoms with E-state index in [2.05, 4.69) is 36.7 Å². The number of carbonyl (C=O) groups excluding carboxylic acids is 3. The van der Waals surface area contributed by atoms with Gasteiger partial charge in [-0.3, -0.25) is 14.4 Å². The van der Waals surface area contributed by atoms with Crippen molar-refractivity contribution in [2.75, 3.05) is 0 Å². The fourth-order valence-corrected chi connectivity index (χ4v) is 8.67. The highest BCUT2D eigenvalue weighted by Crippen LogP contribution is 2.70. The molecule has 0 saturated heterocycles. The average molecular weight is 421 g/mol. The molecule has 0 aromatic rings. The van der Waals surface area contributed by atoms with Gasteiger partial charge < -0.3 is 0 Å². The maximum Gasteiger partial charge on any atom is 0.155 e. The van der Waals surface area contributed by atoms with E-state index in [-0.39, 0.29) is 40.0 Å². The monoisotopic (exact) mass is 420 g/mol. The smallest absolute Gasteiger partial charge is 0.155 e. The summed E-state index contributed by atoms with van der Waals surface area (Å²) in [6.45, 7) is 8.26. The Labute approximate surface area is 164 Å². The number of carbonyl (C=O) groups is 3. The Morgan fingerprint density at radius 3 is 2.54 bits per heavy atom. The summed E-state index contributed by atoms with van der Waals surface area (Å²) in [6.07, 6.45) is 6.44. The molecular weight excluding hydrogens is 392 g/mol. The molecule has 4 rings (SSSR count). The number of Topliss-reactive ketones (excluding diaryl/α,β-unsaturated/α-hetero) is 2. The van der Waals surface area contributed by atoms with Gasteiger partial charge in [-0.2, -0.15) is 0 Å². The van der Waals surface area contributed by atoms with Gasteiger partial charge in [-0.15, -0.1) is 0 Å². The van der Waals surface area contributed by atoms with Crippen molar-refractivity contribution in [3.63, 3.8) is 0 Å². The topological polar surface area (TPSA) is 51.2 Å². The van der Waals surface area contributed by atoms with Crippen molar-refractivity contribution in [3.05, 3.63) is 11.6 Å². The summed E-state index contributed by atoms with van der Waals surface area (Å²) in [6, 6.07) is 0. The lowest BCUT2D eigenvalue weighted by atomic mass is 9.46. The van der Waals surface area contributed by atoms with E-state index in [0.29, 0.717) is 24.7 Å². The molecule has 7 atom stereocenters. The molecule has 0 aromatic carbocycles. The lowest BCUT2D eigenvalue weighted by molar-refractivity contribution is -0.143. The Hall–Kier alpha value is -0.770. The SMILES string of the molecule is CC(=O)C1C(C)CC2C3CCC4=CC(=O)CCC4(C)C3(Br)C(=O)CC21C. The maximum atomic E-state index is 13.6. The number of hydrogen-bond acceptors (Lipinski definition) is 3. The molecule has 0 spiro atoms. The molecule has 0 aromatic heterocycles. The van der Waals surface area contributed by atoms with E-state index >= 15 is 0 Å². The van der Waals surface area contributed by atoms with Crippen LogP contribution < -0.4 is 0 Å². The van der Waals surface area contributed by atoms with Crippen LogP contribution in [0, 0.1) is 34.5 Å². The van der Waals surface area contributed by atoms with Gasteiger partial charge in [-0.25, -0.2) is 0 Å². The van der Waals surface area contributed by atoms with Crippen LogP contribution in [-0.4, -0.2) is 21.7 Å². The van der Waals surface area contributed by atoms with Gasteiger partial charge in [0, 0.05) is 24.2 Å². The fourth-order valence-electron chi connectivity index (χ4n) is 7.53. The summed E-state index contributed by atoms with van der Waals surface area (Å²) in [5, 5.41) is 0. The average Bonchev–Trinajstić information content (AvgIpc) is 2.80. The van der Waals surface area contributed by atoms with E-state index in [4.69, 9.17) is 0 Å². The van der Waals surface area contributed by atoms with Crippen LogP contribution in [0.4, 0.5) is 0 Å². The van der Waals surface area contributed by atoms with Crippen molar-refractivity contribution >= 4 is 33.3 Å². The third-order valence-electron chi connectivity index (χ3n) is 8.58. The Kier molecular flexibility index (Phi) is 4.02. The van der Waals surface area contributed by atoms with Crippen LogP contribution in [0.3, 0.4) is 0 Å². The van der Waals surface area contributed by atoms with Crippen molar-refractivity contribution in [3.8, 4) is 0 Å². The molecule has 0 bridgehead atoms.